The first kappa shape index (κ1) is 59.7. The van der Waals surface area contributed by atoms with E-state index in [-0.39, 0.29) is 38.5 Å². The first-order valence-electron chi connectivity index (χ1n) is 23.3. The molecule has 1 saturated carbocycles. The summed E-state index contributed by atoms with van der Waals surface area (Å²) in [7, 11) is -11.5. The van der Waals surface area contributed by atoms with Crippen molar-refractivity contribution in [3.8, 4) is 0 Å². The fraction of sp³-hybridized carbons (Fsp3) is 0.756. The van der Waals surface area contributed by atoms with E-state index in [1.807, 2.05) is 6.92 Å². The molecule has 19 nitrogen and oxygen atoms in total. The number of phosphoric acid groups is 2. The number of allylic oxidation sites excluding steroid dienone is 6. The van der Waals surface area contributed by atoms with Gasteiger partial charge in [0.15, 0.2) is 6.10 Å². The minimum absolute atomic E-state index is 0.0334. The van der Waals surface area contributed by atoms with Crippen molar-refractivity contribution in [3.63, 3.8) is 0 Å². The number of unbranched alkanes of at least 4 members (excludes halogenated alkanes) is 8. The van der Waals surface area contributed by atoms with Crippen molar-refractivity contribution in [1.29, 1.82) is 0 Å². The Labute approximate surface area is 388 Å². The average Bonchev–Trinajstić information content (AvgIpc) is 3.25. The van der Waals surface area contributed by atoms with Gasteiger partial charge in [0.1, 0.15) is 36.8 Å². The van der Waals surface area contributed by atoms with Gasteiger partial charge in [0.05, 0.1) is 31.0 Å². The van der Waals surface area contributed by atoms with Crippen LogP contribution in [-0.2, 0) is 46.6 Å². The molecule has 0 radical (unpaired) electrons. The Kier molecular flexibility index (Phi) is 29.3. The molecule has 1 unspecified atom stereocenters. The molecule has 0 aromatic carbocycles. The van der Waals surface area contributed by atoms with Gasteiger partial charge in [0.25, 0.3) is 0 Å². The predicted octanol–water partition coefficient (Wildman–Crippen LogP) is 5.09. The lowest BCUT2D eigenvalue weighted by Gasteiger charge is -2.38. The van der Waals surface area contributed by atoms with Crippen LogP contribution in [0, 0.1) is 11.8 Å². The molecule has 21 heteroatoms. The molecule has 0 saturated heterocycles. The number of phosphoric ester groups is 2. The number of cyclic esters (lactones) is 1. The van der Waals surface area contributed by atoms with E-state index < -0.39 is 120 Å². The van der Waals surface area contributed by atoms with E-state index >= 15 is 0 Å². The molecule has 0 spiro atoms. The van der Waals surface area contributed by atoms with E-state index in [4.69, 9.17) is 23.0 Å². The molecular weight excluding hydrogens is 906 g/mol. The smallest absolute Gasteiger partial charge is 0.462 e. The second-order valence-electron chi connectivity index (χ2n) is 16.9. The van der Waals surface area contributed by atoms with Crippen molar-refractivity contribution in [3.05, 3.63) is 48.6 Å². The molecule has 1 heterocycles. The summed E-state index contributed by atoms with van der Waals surface area (Å²) >= 11 is 0. The topological polar surface area (TPSA) is 314 Å². The lowest BCUT2D eigenvalue weighted by atomic mass is 9.84. The molecule has 66 heavy (non-hydrogen) atoms. The van der Waals surface area contributed by atoms with Gasteiger partial charge in [-0.2, -0.15) is 0 Å². The lowest BCUT2D eigenvalue weighted by Crippen LogP contribution is -2.56. The van der Waals surface area contributed by atoms with Gasteiger partial charge in [-0.1, -0.05) is 107 Å². The number of rotatable bonds is 22. The molecule has 12 atom stereocenters. The number of carbonyl (C=O) groups is 3. The number of hydrogen-bond donors (Lipinski definition) is 9. The largest absolute Gasteiger partial charge is 0.472 e. The first-order chi connectivity index (χ1) is 31.3. The van der Waals surface area contributed by atoms with Crippen molar-refractivity contribution in [2.45, 2.75) is 191 Å². The van der Waals surface area contributed by atoms with Gasteiger partial charge < -0.3 is 54.8 Å². The number of Topliss-reactive ketones (excluding diaryl/α,β-unsaturated/α-hetero) is 1. The SMILES string of the molecule is CCC/C=C\C/C=C\CCCCCCCC(=O)OC[C@@H]1COP(=O)(O)O[C@H]2[C@H](O)[C@@H](O)[C@H](O)[C@@H](C/C=C\CCCC(=O)O1)C(=O)C[C@@H](O)[C@H](/C=C/[C@@H](O)CCCCC)[C@@H](O)[C@H]2OP(=O)(O)O. The van der Waals surface area contributed by atoms with E-state index in [1.54, 1.807) is 6.08 Å². The van der Waals surface area contributed by atoms with Crippen molar-refractivity contribution < 1.29 is 91.9 Å². The van der Waals surface area contributed by atoms with Gasteiger partial charge in [-0.15, -0.1) is 0 Å². The summed E-state index contributed by atoms with van der Waals surface area (Å²) in [4.78, 5) is 70.2. The quantitative estimate of drug-likeness (QED) is 0.0295. The third-order valence-corrected chi connectivity index (χ3v) is 12.7. The van der Waals surface area contributed by atoms with Crippen LogP contribution in [0.3, 0.4) is 0 Å². The molecule has 9 N–H and O–H groups in total. The molecule has 1 fully saturated rings. The predicted molar refractivity (Wildman–Crippen MR) is 242 cm³/mol. The monoisotopic (exact) mass is 982 g/mol. The minimum Gasteiger partial charge on any atom is -0.462 e. The lowest BCUT2D eigenvalue weighted by molar-refractivity contribution is -0.165. The maximum atomic E-state index is 13.7. The number of ketones is 1. The third-order valence-electron chi connectivity index (χ3n) is 11.2. The fourth-order valence-corrected chi connectivity index (χ4v) is 9.00. The number of esters is 2. The van der Waals surface area contributed by atoms with E-state index in [0.29, 0.717) is 12.8 Å². The van der Waals surface area contributed by atoms with Crippen molar-refractivity contribution >= 4 is 33.4 Å². The van der Waals surface area contributed by atoms with Crippen LogP contribution >= 0.6 is 15.6 Å². The molecule has 0 amide bonds. The van der Waals surface area contributed by atoms with Gasteiger partial charge in [-0.3, -0.25) is 28.0 Å². The van der Waals surface area contributed by atoms with Gasteiger partial charge >= 0.3 is 27.6 Å². The Morgan fingerprint density at radius 1 is 0.894 bits per heavy atom. The Hall–Kier alpha value is -2.45. The Balaban J connectivity index is 2.38. The molecule has 1 aliphatic carbocycles. The molecule has 0 aromatic heterocycles. The average molecular weight is 983 g/mol. The number of ether oxygens (including phenoxy) is 2. The maximum absolute atomic E-state index is 13.7. The molecule has 2 rings (SSSR count). The van der Waals surface area contributed by atoms with E-state index in [9.17, 15) is 68.8 Å². The number of aliphatic hydroxyl groups excluding tert-OH is 6. The van der Waals surface area contributed by atoms with Crippen molar-refractivity contribution in [2.75, 3.05) is 13.2 Å². The molecular formula is C45H76O19P2. The second kappa shape index (κ2) is 32.4. The zero-order valence-corrected chi connectivity index (χ0v) is 40.1. The Morgan fingerprint density at radius 3 is 2.29 bits per heavy atom. The number of fused-ring (bicyclic) bond motifs is 4. The van der Waals surface area contributed by atoms with Crippen LogP contribution in [0.15, 0.2) is 48.6 Å². The standard InChI is InChI=1S/C45H76O19P2/c1-3-5-7-8-9-10-11-12-13-14-15-16-21-25-38(49)60-30-33-31-61-66(58,59)64-45-43(54)42(53)40(51)34(24-20-17-18-22-26-39(50)62-33)36(47)29-37(48)35(28-27-32(46)23-19-6-4-2)41(52)44(45)63-65(55,56)57/h7-8,10-11,17,20,27-28,32-35,37,40-46,48,51-54H,3-6,9,12-16,18-19,21-26,29-31H2,1-2H3,(H,58,59)(H2,55,56,57)/b8-7-,11-10-,20-17-,28-27+/t32-,33+,34-,35-,37+,40+,41+,42-,43+,44+,45-/m0/s1. The van der Waals surface area contributed by atoms with E-state index in [2.05, 4.69) is 31.2 Å². The van der Waals surface area contributed by atoms with Gasteiger partial charge in [-0.25, -0.2) is 9.13 Å². The number of carbonyl (C=O) groups excluding carboxylic acids is 3. The Bertz CT molecular complexity index is 1630. The van der Waals surface area contributed by atoms with Crippen LogP contribution in [0.2, 0.25) is 0 Å². The summed E-state index contributed by atoms with van der Waals surface area (Å²) in [6.45, 7) is 2.45. The van der Waals surface area contributed by atoms with Gasteiger partial charge in [0, 0.05) is 31.1 Å². The van der Waals surface area contributed by atoms with Crippen LogP contribution in [0.4, 0.5) is 0 Å². The zero-order valence-electron chi connectivity index (χ0n) is 38.3. The van der Waals surface area contributed by atoms with E-state index in [0.717, 1.165) is 76.4 Å². The molecule has 2 aliphatic rings. The molecule has 380 valence electrons. The summed E-state index contributed by atoms with van der Waals surface area (Å²) in [6, 6.07) is 0. The minimum atomic E-state index is -5.78. The van der Waals surface area contributed by atoms with Gasteiger partial charge in [0.2, 0.25) is 0 Å². The first-order valence-corrected chi connectivity index (χ1v) is 26.3. The zero-order chi connectivity index (χ0) is 49.1. The summed E-state index contributed by atoms with van der Waals surface area (Å²) in [6.07, 6.45) is 3.88. The van der Waals surface area contributed by atoms with E-state index in [1.165, 1.54) is 6.08 Å². The fourth-order valence-electron chi connectivity index (χ4n) is 7.47. The van der Waals surface area contributed by atoms with Crippen LogP contribution in [0.5, 0.6) is 0 Å². The number of aliphatic hydroxyl groups is 6. The molecule has 0 aromatic rings. The summed E-state index contributed by atoms with van der Waals surface area (Å²) in [5, 5.41) is 68.0. The normalized spacial score (nSPS) is 31.4. The third kappa shape index (κ3) is 24.2. The van der Waals surface area contributed by atoms with Crippen molar-refractivity contribution in [1.82, 2.24) is 0 Å². The van der Waals surface area contributed by atoms with Crippen LogP contribution in [-0.4, -0.2) is 131 Å². The summed E-state index contributed by atoms with van der Waals surface area (Å²) in [5.41, 5.74) is 0. The summed E-state index contributed by atoms with van der Waals surface area (Å²) in [5.74, 6) is -5.68. The Morgan fingerprint density at radius 2 is 1.59 bits per heavy atom. The number of hydrogen-bond acceptors (Lipinski definition) is 16. The van der Waals surface area contributed by atoms with Crippen molar-refractivity contribution in [2.24, 2.45) is 11.8 Å². The molecule has 2 bridgehead atoms. The van der Waals surface area contributed by atoms with Crippen LogP contribution in [0.1, 0.15) is 136 Å². The molecule has 1 aliphatic heterocycles. The van der Waals surface area contributed by atoms with Gasteiger partial charge in [-0.05, 0) is 57.8 Å². The second-order valence-corrected chi connectivity index (χ2v) is 19.5. The maximum Gasteiger partial charge on any atom is 0.472 e. The van der Waals surface area contributed by atoms with Crippen LogP contribution in [0.25, 0.3) is 0 Å². The highest BCUT2D eigenvalue weighted by Gasteiger charge is 2.51. The highest BCUT2D eigenvalue weighted by Crippen LogP contribution is 2.49. The summed E-state index contributed by atoms with van der Waals surface area (Å²) < 4.78 is 51.9. The highest BCUT2D eigenvalue weighted by molar-refractivity contribution is 7.47. The van der Waals surface area contributed by atoms with Crippen LogP contribution < -0.4 is 0 Å². The highest BCUT2D eigenvalue weighted by atomic mass is 31.2.